The fourth-order valence-electron chi connectivity index (χ4n) is 0.790. The van der Waals surface area contributed by atoms with E-state index in [4.69, 9.17) is 16.6 Å². The number of hydrogen-bond donors (Lipinski definition) is 4. The summed E-state index contributed by atoms with van der Waals surface area (Å²) < 4.78 is 0. The second-order valence-corrected chi connectivity index (χ2v) is 2.58. The Labute approximate surface area is 90.7 Å². The minimum absolute atomic E-state index is 0.0226. The Balaban J connectivity index is 0. The molecule has 1 atom stereocenters. The number of aliphatic hydroxyl groups is 1. The summed E-state index contributed by atoms with van der Waals surface area (Å²) in [6.45, 7) is 4.43. The molecule has 0 aromatic carbocycles. The SMILES string of the molecule is CC.CNC(=O)C(O)CCCN=C(N)N. The maximum absolute atomic E-state index is 10.8. The molecule has 90 valence electrons. The molecule has 0 radical (unpaired) electrons. The van der Waals surface area contributed by atoms with Crippen LogP contribution >= 0.6 is 0 Å². The van der Waals surface area contributed by atoms with Crippen LogP contribution < -0.4 is 16.8 Å². The minimum atomic E-state index is -0.973. The topological polar surface area (TPSA) is 114 Å². The number of nitrogens with zero attached hydrogens (tertiary/aromatic N) is 1. The molecule has 0 aliphatic heterocycles. The first-order valence-corrected chi connectivity index (χ1v) is 5.03. The lowest BCUT2D eigenvalue weighted by atomic mass is 10.2. The Morgan fingerprint density at radius 1 is 1.47 bits per heavy atom. The summed E-state index contributed by atoms with van der Waals surface area (Å²) in [5, 5.41) is 11.5. The van der Waals surface area contributed by atoms with Crippen molar-refractivity contribution in [2.24, 2.45) is 16.5 Å². The first-order valence-electron chi connectivity index (χ1n) is 5.03. The molecule has 1 amide bonds. The third-order valence-corrected chi connectivity index (χ3v) is 1.48. The molecule has 0 heterocycles. The van der Waals surface area contributed by atoms with Crippen molar-refractivity contribution in [2.45, 2.75) is 32.8 Å². The van der Waals surface area contributed by atoms with Gasteiger partial charge in [0.25, 0.3) is 0 Å². The number of amides is 1. The number of carbonyl (C=O) groups is 1. The predicted octanol–water partition coefficient (Wildman–Crippen LogP) is -0.827. The van der Waals surface area contributed by atoms with Crippen LogP contribution in [0.5, 0.6) is 0 Å². The van der Waals surface area contributed by atoms with E-state index in [-0.39, 0.29) is 11.9 Å². The fourth-order valence-corrected chi connectivity index (χ4v) is 0.790. The lowest BCUT2D eigenvalue weighted by Crippen LogP contribution is -2.31. The average Bonchev–Trinajstić information content (AvgIpc) is 2.25. The fraction of sp³-hybridized carbons (Fsp3) is 0.778. The van der Waals surface area contributed by atoms with Crippen LogP contribution in [0.15, 0.2) is 4.99 Å². The summed E-state index contributed by atoms with van der Waals surface area (Å²) >= 11 is 0. The van der Waals surface area contributed by atoms with Crippen LogP contribution in [0.4, 0.5) is 0 Å². The Kier molecular flexibility index (Phi) is 11.6. The number of guanidine groups is 1. The van der Waals surface area contributed by atoms with Gasteiger partial charge in [-0.3, -0.25) is 9.79 Å². The van der Waals surface area contributed by atoms with E-state index < -0.39 is 6.10 Å². The summed E-state index contributed by atoms with van der Waals surface area (Å²) in [4.78, 5) is 14.5. The van der Waals surface area contributed by atoms with Crippen LogP contribution in [-0.4, -0.2) is 36.7 Å². The molecule has 0 bridgehead atoms. The van der Waals surface area contributed by atoms with Gasteiger partial charge in [0, 0.05) is 13.6 Å². The van der Waals surface area contributed by atoms with E-state index in [1.807, 2.05) is 13.8 Å². The number of aliphatic imine (C=N–C) groups is 1. The van der Waals surface area contributed by atoms with Gasteiger partial charge >= 0.3 is 0 Å². The van der Waals surface area contributed by atoms with E-state index in [1.54, 1.807) is 0 Å². The predicted molar refractivity (Wildman–Crippen MR) is 61.3 cm³/mol. The van der Waals surface area contributed by atoms with Crippen LogP contribution in [0.2, 0.25) is 0 Å². The van der Waals surface area contributed by atoms with Crippen LogP contribution in [0, 0.1) is 0 Å². The molecule has 0 aromatic rings. The Hall–Kier alpha value is -1.30. The largest absolute Gasteiger partial charge is 0.383 e. The van der Waals surface area contributed by atoms with Crippen molar-refractivity contribution in [3.05, 3.63) is 0 Å². The molecule has 0 saturated heterocycles. The zero-order chi connectivity index (χ0) is 12.3. The molecule has 15 heavy (non-hydrogen) atoms. The van der Waals surface area contributed by atoms with Crippen molar-refractivity contribution in [3.8, 4) is 0 Å². The smallest absolute Gasteiger partial charge is 0.248 e. The molecule has 0 rings (SSSR count). The molecule has 0 fully saturated rings. The number of likely N-dealkylation sites (N-methyl/N-ethyl adjacent to an activating group) is 1. The summed E-state index contributed by atoms with van der Waals surface area (Å²) in [6, 6.07) is 0. The average molecular weight is 218 g/mol. The monoisotopic (exact) mass is 218 g/mol. The van der Waals surface area contributed by atoms with Gasteiger partial charge in [-0.1, -0.05) is 13.8 Å². The zero-order valence-corrected chi connectivity index (χ0v) is 9.66. The standard InChI is InChI=1S/C7H16N4O2.C2H6/c1-10-6(13)5(12)3-2-4-11-7(8)9;1-2/h5,12H,2-4H2,1H3,(H,10,13)(H4,8,9,11);1-2H3. The highest BCUT2D eigenvalue weighted by Crippen LogP contribution is 1.96. The molecule has 1 unspecified atom stereocenters. The van der Waals surface area contributed by atoms with Gasteiger partial charge in [0.2, 0.25) is 5.91 Å². The van der Waals surface area contributed by atoms with Crippen molar-refractivity contribution < 1.29 is 9.90 Å². The van der Waals surface area contributed by atoms with Gasteiger partial charge in [0.15, 0.2) is 5.96 Å². The van der Waals surface area contributed by atoms with Crippen LogP contribution in [0.25, 0.3) is 0 Å². The van der Waals surface area contributed by atoms with Gasteiger partial charge in [0.1, 0.15) is 6.10 Å². The number of aliphatic hydroxyl groups excluding tert-OH is 1. The molecule has 6 nitrogen and oxygen atoms in total. The second kappa shape index (κ2) is 10.8. The van der Waals surface area contributed by atoms with Gasteiger partial charge < -0.3 is 21.9 Å². The first-order chi connectivity index (χ1) is 7.07. The minimum Gasteiger partial charge on any atom is -0.383 e. The number of hydrogen-bond acceptors (Lipinski definition) is 3. The molecule has 0 saturated carbocycles. The number of nitrogens with one attached hydrogen (secondary N) is 1. The van der Waals surface area contributed by atoms with E-state index >= 15 is 0 Å². The van der Waals surface area contributed by atoms with Crippen LogP contribution in [0.1, 0.15) is 26.7 Å². The quantitative estimate of drug-likeness (QED) is 0.274. The van der Waals surface area contributed by atoms with Gasteiger partial charge in [0.05, 0.1) is 0 Å². The summed E-state index contributed by atoms with van der Waals surface area (Å²) in [7, 11) is 1.47. The number of nitrogens with two attached hydrogens (primary N) is 2. The molecule has 0 aliphatic rings. The van der Waals surface area contributed by atoms with Crippen molar-refractivity contribution in [3.63, 3.8) is 0 Å². The third-order valence-electron chi connectivity index (χ3n) is 1.48. The highest BCUT2D eigenvalue weighted by atomic mass is 16.3. The van der Waals surface area contributed by atoms with E-state index in [0.29, 0.717) is 19.4 Å². The Morgan fingerprint density at radius 2 is 2.00 bits per heavy atom. The van der Waals surface area contributed by atoms with E-state index in [0.717, 1.165) is 0 Å². The van der Waals surface area contributed by atoms with Crippen molar-refractivity contribution in [1.82, 2.24) is 5.32 Å². The van der Waals surface area contributed by atoms with E-state index in [2.05, 4.69) is 10.3 Å². The molecule has 0 spiro atoms. The highest BCUT2D eigenvalue weighted by Gasteiger charge is 2.11. The van der Waals surface area contributed by atoms with Crippen LogP contribution in [-0.2, 0) is 4.79 Å². The highest BCUT2D eigenvalue weighted by molar-refractivity contribution is 5.80. The Bertz CT molecular complexity index is 191. The van der Waals surface area contributed by atoms with Crippen molar-refractivity contribution in [2.75, 3.05) is 13.6 Å². The van der Waals surface area contributed by atoms with Crippen molar-refractivity contribution >= 4 is 11.9 Å². The molecule has 0 aliphatic carbocycles. The van der Waals surface area contributed by atoms with E-state index in [9.17, 15) is 4.79 Å². The molecule has 6 N–H and O–H groups in total. The molecule has 6 heteroatoms. The molecular weight excluding hydrogens is 196 g/mol. The van der Waals surface area contributed by atoms with Gasteiger partial charge in [-0.05, 0) is 12.8 Å². The second-order valence-electron chi connectivity index (χ2n) is 2.58. The van der Waals surface area contributed by atoms with Crippen molar-refractivity contribution in [1.29, 1.82) is 0 Å². The normalized spacial score (nSPS) is 10.7. The summed E-state index contributed by atoms with van der Waals surface area (Å²) in [6.07, 6.45) is -0.0395. The third kappa shape index (κ3) is 10.6. The summed E-state index contributed by atoms with van der Waals surface area (Å²) in [5.41, 5.74) is 10.2. The summed E-state index contributed by atoms with van der Waals surface area (Å²) in [5.74, 6) is -0.362. The van der Waals surface area contributed by atoms with Gasteiger partial charge in [-0.2, -0.15) is 0 Å². The number of rotatable bonds is 5. The molecular formula is C9H22N4O2. The first kappa shape index (κ1) is 16.1. The lowest BCUT2D eigenvalue weighted by molar-refractivity contribution is -0.129. The van der Waals surface area contributed by atoms with E-state index in [1.165, 1.54) is 7.05 Å². The maximum atomic E-state index is 10.8. The zero-order valence-electron chi connectivity index (χ0n) is 9.66. The van der Waals surface area contributed by atoms with Crippen LogP contribution in [0.3, 0.4) is 0 Å². The lowest BCUT2D eigenvalue weighted by Gasteiger charge is -2.06. The number of carbonyl (C=O) groups excluding carboxylic acids is 1. The van der Waals surface area contributed by atoms with Gasteiger partial charge in [-0.15, -0.1) is 0 Å². The van der Waals surface area contributed by atoms with Gasteiger partial charge in [-0.25, -0.2) is 0 Å². The maximum Gasteiger partial charge on any atom is 0.248 e. The Morgan fingerprint density at radius 3 is 2.40 bits per heavy atom. The molecule has 0 aromatic heterocycles.